The average molecular weight is 655 g/mol. The summed E-state index contributed by atoms with van der Waals surface area (Å²) in [6, 6.07) is 21.2. The molecule has 252 valence electrons. The number of aromatic amines is 1. The number of nitrogens with two attached hydrogens (primary N) is 3. The van der Waals surface area contributed by atoms with E-state index in [1.807, 2.05) is 60.7 Å². The van der Waals surface area contributed by atoms with Crippen molar-refractivity contribution in [2.45, 2.75) is 56.3 Å². The molecule has 1 heterocycles. The van der Waals surface area contributed by atoms with Crippen LogP contribution in [-0.2, 0) is 38.4 Å². The Morgan fingerprint density at radius 3 is 1.92 bits per heavy atom. The number of H-pyrrole nitrogens is 1. The van der Waals surface area contributed by atoms with Gasteiger partial charge in [-0.25, -0.2) is 4.79 Å². The van der Waals surface area contributed by atoms with Gasteiger partial charge in [0.1, 0.15) is 18.1 Å². The second kappa shape index (κ2) is 17.3. The highest BCUT2D eigenvalue weighted by Crippen LogP contribution is 2.19. The van der Waals surface area contributed by atoms with Crippen LogP contribution in [0.25, 0.3) is 10.9 Å². The van der Waals surface area contributed by atoms with E-state index in [1.165, 1.54) is 0 Å². The van der Waals surface area contributed by atoms with Crippen LogP contribution in [0.4, 0.5) is 0 Å². The van der Waals surface area contributed by atoms with E-state index in [2.05, 4.69) is 25.9 Å². The standard InChI is InChI=1S/C35H42N8O5/c36-26(18-22-10-3-1-4-11-22)31(44)41-28(16-9-17-39-35(37)38)32(45)42-29(20-24-21-40-27-15-8-7-14-25(24)27)33(46)43-30(34(47)48)19-23-12-5-2-6-13-23/h1-8,10-15,21,26,28-30,40H,9,16-20,36H2,(H,41,44)(H,42,45)(H,43,46)(H,47,48)(H4,37,38,39). The van der Waals surface area contributed by atoms with Crippen LogP contribution >= 0.6 is 0 Å². The molecule has 3 aromatic carbocycles. The molecule has 0 aliphatic rings. The third kappa shape index (κ3) is 10.4. The summed E-state index contributed by atoms with van der Waals surface area (Å²) in [4.78, 5) is 60.1. The number of carboxylic acids is 1. The van der Waals surface area contributed by atoms with Gasteiger partial charge in [0.2, 0.25) is 17.7 Å². The Labute approximate surface area is 278 Å². The highest BCUT2D eigenvalue weighted by Gasteiger charge is 2.31. The smallest absolute Gasteiger partial charge is 0.326 e. The number of fused-ring (bicyclic) bond motifs is 1. The number of carboxylic acid groups (broad SMARTS) is 1. The topological polar surface area (TPSA) is 231 Å². The summed E-state index contributed by atoms with van der Waals surface area (Å²) in [7, 11) is 0. The van der Waals surface area contributed by atoms with E-state index in [4.69, 9.17) is 17.2 Å². The molecule has 0 aliphatic carbocycles. The number of carbonyl (C=O) groups excluding carboxylic acids is 3. The molecule has 48 heavy (non-hydrogen) atoms. The van der Waals surface area contributed by atoms with Gasteiger partial charge in [0.15, 0.2) is 5.96 Å². The quantitative estimate of drug-likeness (QED) is 0.0466. The van der Waals surface area contributed by atoms with Crippen molar-refractivity contribution in [3.05, 3.63) is 108 Å². The van der Waals surface area contributed by atoms with E-state index in [-0.39, 0.29) is 38.2 Å². The summed E-state index contributed by atoms with van der Waals surface area (Å²) in [6.45, 7) is 0.205. The van der Waals surface area contributed by atoms with Gasteiger partial charge in [0.25, 0.3) is 0 Å². The first-order valence-corrected chi connectivity index (χ1v) is 15.7. The second-order valence-corrected chi connectivity index (χ2v) is 11.5. The molecule has 4 rings (SSSR count). The number of para-hydroxylation sites is 1. The summed E-state index contributed by atoms with van der Waals surface area (Å²) >= 11 is 0. The van der Waals surface area contributed by atoms with Gasteiger partial charge >= 0.3 is 5.97 Å². The van der Waals surface area contributed by atoms with Crippen molar-refractivity contribution in [2.24, 2.45) is 22.2 Å². The Hall–Kier alpha value is -5.69. The molecule has 1 aromatic heterocycles. The van der Waals surface area contributed by atoms with Crippen LogP contribution in [0.3, 0.4) is 0 Å². The van der Waals surface area contributed by atoms with E-state index >= 15 is 0 Å². The largest absolute Gasteiger partial charge is 0.480 e. The molecule has 13 heteroatoms. The zero-order valence-corrected chi connectivity index (χ0v) is 26.5. The summed E-state index contributed by atoms with van der Waals surface area (Å²) in [5.74, 6) is -3.21. The molecule has 0 fully saturated rings. The third-order valence-corrected chi connectivity index (χ3v) is 7.84. The van der Waals surface area contributed by atoms with E-state index in [0.717, 1.165) is 27.6 Å². The van der Waals surface area contributed by atoms with Crippen LogP contribution in [0, 0.1) is 0 Å². The predicted octanol–water partition coefficient (Wildman–Crippen LogP) is 1.12. The van der Waals surface area contributed by atoms with Crippen LogP contribution in [0.2, 0.25) is 0 Å². The molecule has 0 radical (unpaired) electrons. The first-order valence-electron chi connectivity index (χ1n) is 15.7. The molecule has 0 saturated heterocycles. The Morgan fingerprint density at radius 1 is 0.708 bits per heavy atom. The minimum Gasteiger partial charge on any atom is -0.480 e. The summed E-state index contributed by atoms with van der Waals surface area (Å²) < 4.78 is 0. The van der Waals surface area contributed by atoms with Crippen molar-refractivity contribution < 1.29 is 24.3 Å². The van der Waals surface area contributed by atoms with Crippen molar-refractivity contribution >= 4 is 40.6 Å². The fraction of sp³-hybridized carbons (Fsp3) is 0.286. The summed E-state index contributed by atoms with van der Waals surface area (Å²) in [5.41, 5.74) is 20.3. The van der Waals surface area contributed by atoms with Gasteiger partial charge < -0.3 is 43.2 Å². The fourth-order valence-electron chi connectivity index (χ4n) is 5.34. The van der Waals surface area contributed by atoms with Gasteiger partial charge in [-0.1, -0.05) is 78.9 Å². The number of amides is 3. The van der Waals surface area contributed by atoms with E-state index in [1.54, 1.807) is 30.5 Å². The fourth-order valence-corrected chi connectivity index (χ4v) is 5.34. The molecule has 0 saturated carbocycles. The average Bonchev–Trinajstić information content (AvgIpc) is 3.48. The SMILES string of the molecule is NC(N)=NCCCC(NC(=O)C(N)Cc1ccccc1)C(=O)NC(Cc1c[nH]c2ccccc12)C(=O)NC(Cc1ccccc1)C(=O)O. The molecule has 0 aliphatic heterocycles. The maximum atomic E-state index is 13.8. The van der Waals surface area contributed by atoms with Crippen LogP contribution in [0.5, 0.6) is 0 Å². The van der Waals surface area contributed by atoms with Crippen molar-refractivity contribution in [2.75, 3.05) is 6.54 Å². The van der Waals surface area contributed by atoms with Gasteiger partial charge in [0, 0.05) is 36.5 Å². The lowest BCUT2D eigenvalue weighted by atomic mass is 10.0. The Balaban J connectivity index is 1.56. The number of aliphatic imine (C=N–C) groups is 1. The van der Waals surface area contributed by atoms with E-state index in [0.29, 0.717) is 6.42 Å². The van der Waals surface area contributed by atoms with Crippen LogP contribution in [0.1, 0.15) is 29.5 Å². The van der Waals surface area contributed by atoms with Crippen LogP contribution < -0.4 is 33.2 Å². The molecule has 0 spiro atoms. The lowest BCUT2D eigenvalue weighted by Gasteiger charge is -2.25. The first kappa shape index (κ1) is 35.2. The number of carbonyl (C=O) groups is 4. The molecule has 13 nitrogen and oxygen atoms in total. The maximum absolute atomic E-state index is 13.8. The highest BCUT2D eigenvalue weighted by molar-refractivity contribution is 5.95. The number of benzene rings is 3. The minimum atomic E-state index is -1.26. The van der Waals surface area contributed by atoms with Crippen LogP contribution in [0.15, 0.2) is 96.1 Å². The van der Waals surface area contributed by atoms with Crippen molar-refractivity contribution in [3.8, 4) is 0 Å². The van der Waals surface area contributed by atoms with E-state index < -0.39 is 47.9 Å². The second-order valence-electron chi connectivity index (χ2n) is 11.5. The molecular formula is C35H42N8O5. The first-order chi connectivity index (χ1) is 23.1. The van der Waals surface area contributed by atoms with E-state index in [9.17, 15) is 24.3 Å². The number of hydrogen-bond donors (Lipinski definition) is 8. The summed E-state index contributed by atoms with van der Waals surface area (Å²) in [6.07, 6.45) is 2.55. The van der Waals surface area contributed by atoms with Gasteiger partial charge in [0.05, 0.1) is 6.04 Å². The highest BCUT2D eigenvalue weighted by atomic mass is 16.4. The normalized spacial score (nSPS) is 13.4. The van der Waals surface area contributed by atoms with Gasteiger partial charge in [-0.05, 0) is 42.0 Å². The zero-order chi connectivity index (χ0) is 34.5. The number of nitrogens with one attached hydrogen (secondary N) is 4. The zero-order valence-electron chi connectivity index (χ0n) is 26.5. The minimum absolute atomic E-state index is 0.0401. The van der Waals surface area contributed by atoms with Crippen molar-refractivity contribution in [3.63, 3.8) is 0 Å². The van der Waals surface area contributed by atoms with Crippen molar-refractivity contribution in [1.29, 1.82) is 0 Å². The summed E-state index contributed by atoms with van der Waals surface area (Å²) in [5, 5.41) is 18.9. The molecular weight excluding hydrogens is 612 g/mol. The van der Waals surface area contributed by atoms with Crippen molar-refractivity contribution in [1.82, 2.24) is 20.9 Å². The maximum Gasteiger partial charge on any atom is 0.326 e. The number of guanidine groups is 1. The predicted molar refractivity (Wildman–Crippen MR) is 184 cm³/mol. The number of nitrogens with zero attached hydrogens (tertiary/aromatic N) is 1. The molecule has 0 bridgehead atoms. The van der Waals surface area contributed by atoms with Gasteiger partial charge in [-0.3, -0.25) is 19.4 Å². The lowest BCUT2D eigenvalue weighted by molar-refractivity contribution is -0.142. The third-order valence-electron chi connectivity index (χ3n) is 7.84. The molecule has 11 N–H and O–H groups in total. The number of rotatable bonds is 17. The lowest BCUT2D eigenvalue weighted by Crippen LogP contribution is -2.58. The van der Waals surface area contributed by atoms with Crippen LogP contribution in [-0.4, -0.2) is 70.5 Å². The Bertz CT molecular complexity index is 1710. The van der Waals surface area contributed by atoms with Gasteiger partial charge in [-0.2, -0.15) is 0 Å². The molecule has 4 aromatic rings. The Morgan fingerprint density at radius 2 is 1.27 bits per heavy atom. The monoisotopic (exact) mass is 654 g/mol. The molecule has 4 atom stereocenters. The van der Waals surface area contributed by atoms with Gasteiger partial charge in [-0.15, -0.1) is 0 Å². The number of hydrogen-bond acceptors (Lipinski definition) is 6. The number of aromatic nitrogens is 1. The molecule has 4 unspecified atom stereocenters. The number of aliphatic carboxylic acids is 1. The molecule has 3 amide bonds. The Kier molecular flexibility index (Phi) is 12.7.